The van der Waals surface area contributed by atoms with E-state index in [2.05, 4.69) is 4.74 Å². The van der Waals surface area contributed by atoms with Gasteiger partial charge in [0.2, 0.25) is 0 Å². The standard InChI is InChI=1S/C7H9F3O2.C5H7F3O/c1-2-12-6(11)4-3-5(4)7(8,9)10;6-5(7,8)4-1-3(4)2-9/h4-5H,2-3H2,1H3;3-4,9H,1-2H2. The van der Waals surface area contributed by atoms with Gasteiger partial charge in [0.05, 0.1) is 24.4 Å². The maximum Gasteiger partial charge on any atom is 0.392 e. The van der Waals surface area contributed by atoms with Crippen molar-refractivity contribution < 1.29 is 41.0 Å². The second-order valence-corrected chi connectivity index (χ2v) is 5.07. The first-order valence-electron chi connectivity index (χ1n) is 6.43. The molecule has 0 aromatic carbocycles. The lowest BCUT2D eigenvalue weighted by atomic mass is 10.3. The molecule has 0 radical (unpaired) electrons. The summed E-state index contributed by atoms with van der Waals surface area (Å²) >= 11 is 0. The number of hydrogen-bond acceptors (Lipinski definition) is 3. The molecule has 9 heteroatoms. The molecule has 0 saturated heterocycles. The molecule has 2 aliphatic carbocycles. The molecule has 1 N–H and O–H groups in total. The summed E-state index contributed by atoms with van der Waals surface area (Å²) in [6.07, 6.45) is -8.31. The van der Waals surface area contributed by atoms with E-state index in [4.69, 9.17) is 5.11 Å². The Hall–Kier alpha value is -0.990. The fraction of sp³-hybridized carbons (Fsp3) is 0.917. The number of ether oxygens (including phenoxy) is 1. The lowest BCUT2D eigenvalue weighted by Crippen LogP contribution is -2.16. The van der Waals surface area contributed by atoms with Gasteiger partial charge in [0, 0.05) is 6.61 Å². The highest BCUT2D eigenvalue weighted by Crippen LogP contribution is 2.50. The number of esters is 1. The van der Waals surface area contributed by atoms with Gasteiger partial charge in [-0.2, -0.15) is 26.3 Å². The smallest absolute Gasteiger partial charge is 0.392 e. The molecular weight excluding hydrogens is 306 g/mol. The van der Waals surface area contributed by atoms with Gasteiger partial charge < -0.3 is 9.84 Å². The number of hydrogen-bond donors (Lipinski definition) is 1. The van der Waals surface area contributed by atoms with Gasteiger partial charge in [0.25, 0.3) is 0 Å². The molecule has 2 aliphatic rings. The van der Waals surface area contributed by atoms with Crippen LogP contribution in [0.25, 0.3) is 0 Å². The summed E-state index contributed by atoms with van der Waals surface area (Å²) in [5.74, 6) is -4.85. The van der Waals surface area contributed by atoms with Crippen LogP contribution in [-0.4, -0.2) is 36.6 Å². The fourth-order valence-electron chi connectivity index (χ4n) is 1.92. The number of alkyl halides is 6. The predicted molar refractivity (Wildman–Crippen MR) is 59.0 cm³/mol. The normalized spacial score (nSPS) is 31.0. The largest absolute Gasteiger partial charge is 0.466 e. The zero-order valence-corrected chi connectivity index (χ0v) is 11.2. The second kappa shape index (κ2) is 6.41. The highest BCUT2D eigenvalue weighted by atomic mass is 19.4. The molecule has 124 valence electrons. The molecule has 0 aromatic heterocycles. The van der Waals surface area contributed by atoms with Crippen LogP contribution in [0.1, 0.15) is 19.8 Å². The van der Waals surface area contributed by atoms with Crippen molar-refractivity contribution in [2.24, 2.45) is 23.7 Å². The minimum absolute atomic E-state index is 0.109. The summed E-state index contributed by atoms with van der Waals surface area (Å²) < 4.78 is 74.8. The summed E-state index contributed by atoms with van der Waals surface area (Å²) in [6.45, 7) is 1.38. The van der Waals surface area contributed by atoms with Crippen LogP contribution in [0, 0.1) is 23.7 Å². The number of carbonyl (C=O) groups is 1. The van der Waals surface area contributed by atoms with Crippen LogP contribution < -0.4 is 0 Å². The average Bonchev–Trinajstić information content (AvgIpc) is 3.20. The zero-order valence-electron chi connectivity index (χ0n) is 11.2. The van der Waals surface area contributed by atoms with Crippen LogP contribution in [0.3, 0.4) is 0 Å². The van der Waals surface area contributed by atoms with E-state index in [0.717, 1.165) is 0 Å². The van der Waals surface area contributed by atoms with E-state index in [1.165, 1.54) is 0 Å². The van der Waals surface area contributed by atoms with E-state index in [-0.39, 0.29) is 26.1 Å². The molecule has 0 heterocycles. The van der Waals surface area contributed by atoms with Gasteiger partial charge in [-0.15, -0.1) is 0 Å². The van der Waals surface area contributed by atoms with Crippen LogP contribution in [0.15, 0.2) is 0 Å². The molecule has 2 rings (SSSR count). The Morgan fingerprint density at radius 1 is 1.10 bits per heavy atom. The van der Waals surface area contributed by atoms with E-state index in [9.17, 15) is 31.1 Å². The molecule has 0 bridgehead atoms. The summed E-state index contributed by atoms with van der Waals surface area (Å²) in [6, 6.07) is 0. The van der Waals surface area contributed by atoms with Gasteiger partial charge >= 0.3 is 18.3 Å². The van der Waals surface area contributed by atoms with E-state index in [0.29, 0.717) is 0 Å². The lowest BCUT2D eigenvalue weighted by Gasteiger charge is -2.04. The summed E-state index contributed by atoms with van der Waals surface area (Å²) in [4.78, 5) is 10.7. The van der Waals surface area contributed by atoms with Crippen molar-refractivity contribution in [3.63, 3.8) is 0 Å². The first-order valence-corrected chi connectivity index (χ1v) is 6.43. The molecule has 0 aliphatic heterocycles. The number of halogens is 6. The average molecular weight is 322 g/mol. The van der Waals surface area contributed by atoms with E-state index < -0.39 is 42.0 Å². The zero-order chi connectivity index (χ0) is 16.4. The van der Waals surface area contributed by atoms with Crippen LogP contribution >= 0.6 is 0 Å². The van der Waals surface area contributed by atoms with E-state index in [1.807, 2.05) is 0 Å². The van der Waals surface area contributed by atoms with Gasteiger partial charge in [-0.25, -0.2) is 0 Å². The van der Waals surface area contributed by atoms with E-state index >= 15 is 0 Å². The molecule has 2 fully saturated rings. The number of aliphatic hydroxyl groups is 1. The van der Waals surface area contributed by atoms with Crippen LogP contribution in [-0.2, 0) is 9.53 Å². The highest BCUT2D eigenvalue weighted by Gasteiger charge is 2.59. The minimum Gasteiger partial charge on any atom is -0.466 e. The van der Waals surface area contributed by atoms with E-state index in [1.54, 1.807) is 6.92 Å². The molecule has 21 heavy (non-hydrogen) atoms. The van der Waals surface area contributed by atoms with Crippen molar-refractivity contribution in [1.29, 1.82) is 0 Å². The fourth-order valence-corrected chi connectivity index (χ4v) is 1.92. The quantitative estimate of drug-likeness (QED) is 0.642. The number of carbonyl (C=O) groups excluding carboxylic acids is 1. The van der Waals surface area contributed by atoms with Crippen molar-refractivity contribution in [1.82, 2.24) is 0 Å². The highest BCUT2D eigenvalue weighted by molar-refractivity contribution is 5.75. The maximum absolute atomic E-state index is 11.9. The van der Waals surface area contributed by atoms with Crippen molar-refractivity contribution in [2.45, 2.75) is 32.1 Å². The first-order chi connectivity index (χ1) is 9.52. The minimum atomic E-state index is -4.24. The third-order valence-corrected chi connectivity index (χ3v) is 3.38. The monoisotopic (exact) mass is 322 g/mol. The van der Waals surface area contributed by atoms with Gasteiger partial charge in [-0.1, -0.05) is 0 Å². The molecule has 0 spiro atoms. The topological polar surface area (TPSA) is 46.5 Å². The summed E-state index contributed by atoms with van der Waals surface area (Å²) in [5.41, 5.74) is 0. The third-order valence-electron chi connectivity index (χ3n) is 3.38. The SMILES string of the molecule is CCOC(=O)C1CC1C(F)(F)F.OCC1CC1C(F)(F)F. The Labute approximate surface area is 117 Å². The molecule has 4 atom stereocenters. The molecule has 4 unspecified atom stereocenters. The molecule has 0 aromatic rings. The Bertz CT molecular complexity index is 365. The molecule has 0 amide bonds. The van der Waals surface area contributed by atoms with Gasteiger partial charge in [0.1, 0.15) is 0 Å². The molecule has 3 nitrogen and oxygen atoms in total. The van der Waals surface area contributed by atoms with Crippen molar-refractivity contribution >= 4 is 5.97 Å². The second-order valence-electron chi connectivity index (χ2n) is 5.07. The van der Waals surface area contributed by atoms with Crippen LogP contribution in [0.5, 0.6) is 0 Å². The van der Waals surface area contributed by atoms with Gasteiger partial charge in [-0.05, 0) is 25.7 Å². The molecular formula is C12H16F6O3. The molecule has 2 saturated carbocycles. The van der Waals surface area contributed by atoms with Crippen LogP contribution in [0.2, 0.25) is 0 Å². The van der Waals surface area contributed by atoms with Crippen molar-refractivity contribution in [2.75, 3.05) is 13.2 Å². The Balaban J connectivity index is 0.000000219. The van der Waals surface area contributed by atoms with Crippen molar-refractivity contribution in [3.05, 3.63) is 0 Å². The Morgan fingerprint density at radius 3 is 1.86 bits per heavy atom. The summed E-state index contributed by atoms with van der Waals surface area (Å²) in [7, 11) is 0. The van der Waals surface area contributed by atoms with Gasteiger partial charge in [-0.3, -0.25) is 4.79 Å². The predicted octanol–water partition coefficient (Wildman–Crippen LogP) is 2.93. The summed E-state index contributed by atoms with van der Waals surface area (Å²) in [5, 5.41) is 8.24. The Kier molecular flexibility index (Phi) is 5.51. The Morgan fingerprint density at radius 2 is 1.62 bits per heavy atom. The van der Waals surface area contributed by atoms with Gasteiger partial charge in [0.15, 0.2) is 0 Å². The maximum atomic E-state index is 11.9. The van der Waals surface area contributed by atoms with Crippen molar-refractivity contribution in [3.8, 4) is 0 Å². The number of aliphatic hydroxyl groups excluding tert-OH is 1. The third kappa shape index (κ3) is 5.37. The first kappa shape index (κ1) is 18.1. The number of rotatable bonds is 3. The lowest BCUT2D eigenvalue weighted by molar-refractivity contribution is -0.162. The van der Waals surface area contributed by atoms with Crippen LogP contribution in [0.4, 0.5) is 26.3 Å².